The summed E-state index contributed by atoms with van der Waals surface area (Å²) >= 11 is 0.830. The van der Waals surface area contributed by atoms with Crippen molar-refractivity contribution in [3.63, 3.8) is 0 Å². The molecule has 2 aliphatic heterocycles. The number of hydrogen-bond acceptors (Lipinski definition) is 10. The van der Waals surface area contributed by atoms with E-state index in [1.54, 1.807) is 19.2 Å². The number of nitrogens with one attached hydrogen (secondary N) is 3. The van der Waals surface area contributed by atoms with Crippen LogP contribution in [-0.4, -0.2) is 74.8 Å². The number of alkyl halides is 3. The number of aromatic nitrogens is 5. The molecule has 2 aliphatic rings. The molecule has 2 bridgehead atoms. The number of urea groups is 1. The van der Waals surface area contributed by atoms with Crippen molar-refractivity contribution in [2.75, 3.05) is 36.9 Å². The van der Waals surface area contributed by atoms with E-state index < -0.39 is 23.7 Å². The summed E-state index contributed by atoms with van der Waals surface area (Å²) in [5.74, 6) is 0.0297. The minimum atomic E-state index is -4.63. The van der Waals surface area contributed by atoms with Gasteiger partial charge in [0.15, 0.2) is 5.69 Å². The van der Waals surface area contributed by atoms with Crippen LogP contribution < -0.4 is 21.3 Å². The molecule has 2 unspecified atom stereocenters. The summed E-state index contributed by atoms with van der Waals surface area (Å²) in [6.07, 6.45) is 0.336. The Morgan fingerprint density at radius 1 is 1.14 bits per heavy atom. The molecule has 2 saturated heterocycles. The minimum absolute atomic E-state index is 0.0132. The zero-order chi connectivity index (χ0) is 29.6. The molecular formula is C26H26F3N9O3S. The number of anilines is 2. The number of piperazine rings is 1. The van der Waals surface area contributed by atoms with Crippen LogP contribution >= 0.6 is 11.3 Å². The van der Waals surface area contributed by atoms with Crippen LogP contribution in [0.15, 0.2) is 39.1 Å². The number of aromatic amines is 1. The van der Waals surface area contributed by atoms with Crippen molar-refractivity contribution in [2.45, 2.75) is 38.0 Å². The lowest BCUT2D eigenvalue weighted by atomic mass is 9.99. The molecule has 12 nitrogen and oxygen atoms in total. The molecule has 0 aliphatic carbocycles. The number of nitrogens with zero attached hydrogens (tertiary/aromatic N) is 6. The summed E-state index contributed by atoms with van der Waals surface area (Å²) < 4.78 is 45.8. The number of halogens is 3. The van der Waals surface area contributed by atoms with Gasteiger partial charge in [0.1, 0.15) is 16.6 Å². The maximum Gasteiger partial charge on any atom is 0.434 e. The second kappa shape index (κ2) is 10.8. The van der Waals surface area contributed by atoms with E-state index in [-0.39, 0.29) is 28.8 Å². The quantitative estimate of drug-likeness (QED) is 0.298. The topological polar surface area (TPSA) is 145 Å². The standard InChI is InChI=1S/C26H26F3N9O3S/c1-3-30-24(39)34-20-7-17(23-33-19(12-42-23)26(27,28)29)18(9-31-20)16-6-13(22-35-36-25(40)41-22)8-32-21(16)38-14-4-5-15(38)11-37(2)10-14/h6-9,12,14-15H,3-5,10-11H2,1-2H3,(H,36,40)(H2,30,31,34,39). The van der Waals surface area contributed by atoms with Gasteiger partial charge < -0.3 is 19.5 Å². The zero-order valence-corrected chi connectivity index (χ0v) is 23.3. The molecule has 0 spiro atoms. The van der Waals surface area contributed by atoms with Crippen LogP contribution in [0.3, 0.4) is 0 Å². The lowest BCUT2D eigenvalue weighted by Gasteiger charge is -2.41. The van der Waals surface area contributed by atoms with E-state index in [9.17, 15) is 22.8 Å². The predicted octanol–water partition coefficient (Wildman–Crippen LogP) is 4.05. The molecule has 2 atom stereocenters. The smallest absolute Gasteiger partial charge is 0.388 e. The van der Waals surface area contributed by atoms with E-state index in [0.717, 1.165) is 42.6 Å². The highest BCUT2D eigenvalue weighted by atomic mass is 32.1. The van der Waals surface area contributed by atoms with E-state index in [1.807, 2.05) is 0 Å². The van der Waals surface area contributed by atoms with E-state index in [4.69, 9.17) is 9.40 Å². The third-order valence-corrected chi connectivity index (χ3v) is 8.13. The van der Waals surface area contributed by atoms with Crippen molar-refractivity contribution < 1.29 is 22.4 Å². The number of carbonyl (C=O) groups excluding carboxylic acids is 1. The van der Waals surface area contributed by atoms with Crippen LogP contribution in [0.25, 0.3) is 33.2 Å². The van der Waals surface area contributed by atoms with Gasteiger partial charge in [-0.25, -0.2) is 29.6 Å². The van der Waals surface area contributed by atoms with Crippen molar-refractivity contribution in [1.82, 2.24) is 35.4 Å². The Labute approximate surface area is 241 Å². The number of fused-ring (bicyclic) bond motifs is 2. The summed E-state index contributed by atoms with van der Waals surface area (Å²) in [6, 6.07) is 3.08. The molecule has 2 amide bonds. The fraction of sp³-hybridized carbons (Fsp3) is 0.385. The number of amides is 2. The number of hydrogen-bond donors (Lipinski definition) is 3. The van der Waals surface area contributed by atoms with Gasteiger partial charge >= 0.3 is 18.0 Å². The second-order valence-corrected chi connectivity index (χ2v) is 11.0. The molecule has 16 heteroatoms. The van der Waals surface area contributed by atoms with E-state index in [2.05, 4.69) is 47.6 Å². The van der Waals surface area contributed by atoms with Crippen LogP contribution in [0, 0.1) is 0 Å². The normalized spacial score (nSPS) is 18.8. The molecule has 6 heterocycles. The number of rotatable bonds is 6. The molecule has 220 valence electrons. The molecule has 0 radical (unpaired) electrons. The number of carbonyl (C=O) groups is 1. The first-order chi connectivity index (χ1) is 20.1. The average Bonchev–Trinajstić information content (AvgIpc) is 3.67. The van der Waals surface area contributed by atoms with Gasteiger partial charge in [-0.15, -0.1) is 16.4 Å². The van der Waals surface area contributed by atoms with Crippen LogP contribution in [0.4, 0.5) is 29.6 Å². The number of likely N-dealkylation sites (tertiary alicyclic amines) is 1. The van der Waals surface area contributed by atoms with Gasteiger partial charge in [-0.05, 0) is 38.9 Å². The van der Waals surface area contributed by atoms with Crippen molar-refractivity contribution in [3.05, 3.63) is 46.2 Å². The highest BCUT2D eigenvalue weighted by Gasteiger charge is 2.41. The average molecular weight is 602 g/mol. The summed E-state index contributed by atoms with van der Waals surface area (Å²) in [5, 5.41) is 12.4. The molecule has 42 heavy (non-hydrogen) atoms. The molecule has 4 aromatic heterocycles. The highest BCUT2D eigenvalue weighted by molar-refractivity contribution is 7.13. The van der Waals surface area contributed by atoms with Gasteiger partial charge in [0.05, 0.1) is 5.56 Å². The maximum absolute atomic E-state index is 13.6. The summed E-state index contributed by atoms with van der Waals surface area (Å²) in [7, 11) is 2.07. The Hall–Kier alpha value is -4.31. The number of thiazole rings is 1. The largest absolute Gasteiger partial charge is 0.434 e. The number of pyridine rings is 2. The van der Waals surface area contributed by atoms with E-state index in [1.165, 1.54) is 12.3 Å². The Balaban J connectivity index is 1.54. The molecule has 0 aromatic carbocycles. The van der Waals surface area contributed by atoms with Crippen molar-refractivity contribution in [1.29, 1.82) is 0 Å². The Morgan fingerprint density at radius 2 is 1.90 bits per heavy atom. The molecular weight excluding hydrogens is 575 g/mol. The fourth-order valence-electron chi connectivity index (χ4n) is 5.56. The van der Waals surface area contributed by atoms with Gasteiger partial charge in [-0.3, -0.25) is 5.32 Å². The predicted molar refractivity (Wildman–Crippen MR) is 149 cm³/mol. The van der Waals surface area contributed by atoms with E-state index in [0.29, 0.717) is 34.6 Å². The first kappa shape index (κ1) is 27.8. The summed E-state index contributed by atoms with van der Waals surface area (Å²) in [5.41, 5.74) is 0.683. The summed E-state index contributed by atoms with van der Waals surface area (Å²) in [4.78, 5) is 41.5. The number of likely N-dealkylation sites (N-methyl/N-ethyl adjacent to an activating group) is 1. The molecule has 0 saturated carbocycles. The molecule has 6 rings (SSSR count). The van der Waals surface area contributed by atoms with Crippen molar-refractivity contribution >= 4 is 29.0 Å². The highest BCUT2D eigenvalue weighted by Crippen LogP contribution is 2.44. The Bertz CT molecular complexity index is 1670. The lowest BCUT2D eigenvalue weighted by molar-refractivity contribution is -0.140. The van der Waals surface area contributed by atoms with Gasteiger partial charge in [0.2, 0.25) is 0 Å². The third kappa shape index (κ3) is 5.34. The lowest BCUT2D eigenvalue weighted by Crippen LogP contribution is -2.53. The molecule has 4 aromatic rings. The maximum atomic E-state index is 13.6. The van der Waals surface area contributed by atoms with Gasteiger partial charge in [0, 0.05) is 66.2 Å². The third-order valence-electron chi connectivity index (χ3n) is 7.26. The Morgan fingerprint density at radius 3 is 2.55 bits per heavy atom. The van der Waals surface area contributed by atoms with Crippen LogP contribution in [0.5, 0.6) is 0 Å². The van der Waals surface area contributed by atoms with Gasteiger partial charge in [-0.1, -0.05) is 0 Å². The van der Waals surface area contributed by atoms with Crippen LogP contribution in [0.2, 0.25) is 0 Å². The number of H-pyrrole nitrogens is 1. The van der Waals surface area contributed by atoms with Crippen molar-refractivity contribution in [2.24, 2.45) is 0 Å². The monoisotopic (exact) mass is 601 g/mol. The zero-order valence-electron chi connectivity index (χ0n) is 22.5. The minimum Gasteiger partial charge on any atom is -0.388 e. The Kier molecular flexibility index (Phi) is 7.18. The van der Waals surface area contributed by atoms with E-state index >= 15 is 0 Å². The molecule has 3 N–H and O–H groups in total. The fourth-order valence-corrected chi connectivity index (χ4v) is 6.41. The van der Waals surface area contributed by atoms with Gasteiger partial charge in [0.25, 0.3) is 5.89 Å². The first-order valence-electron chi connectivity index (χ1n) is 13.2. The van der Waals surface area contributed by atoms with Crippen LogP contribution in [-0.2, 0) is 6.18 Å². The molecule has 2 fully saturated rings. The summed E-state index contributed by atoms with van der Waals surface area (Å²) in [6.45, 7) is 3.78. The van der Waals surface area contributed by atoms with Crippen molar-refractivity contribution in [3.8, 4) is 33.2 Å². The first-order valence-corrected chi connectivity index (χ1v) is 14.1. The SMILES string of the molecule is CCNC(=O)Nc1cc(-c2nc(C(F)(F)F)cs2)c(-c2cc(-c3n[nH]c(=O)o3)cnc2N2C3CCC2CN(C)C3)cn1. The second-order valence-electron chi connectivity index (χ2n) is 10.2. The van der Waals surface area contributed by atoms with Crippen LogP contribution in [0.1, 0.15) is 25.5 Å². The van der Waals surface area contributed by atoms with Gasteiger partial charge in [-0.2, -0.15) is 13.2 Å².